The average Bonchev–Trinajstić information content (AvgIpc) is 2.65. The van der Waals surface area contributed by atoms with E-state index in [1.807, 2.05) is 30.3 Å². The smallest absolute Gasteiger partial charge is 0.250 e. The fourth-order valence-corrected chi connectivity index (χ4v) is 3.65. The van der Waals surface area contributed by atoms with Crippen molar-refractivity contribution in [2.75, 3.05) is 35.6 Å². The summed E-state index contributed by atoms with van der Waals surface area (Å²) in [6.45, 7) is 4.04. The Morgan fingerprint density at radius 1 is 1.00 bits per heavy atom. The number of amides is 1. The molecule has 2 aromatic rings. The summed E-state index contributed by atoms with van der Waals surface area (Å²) in [5.41, 5.74) is 1.62. The van der Waals surface area contributed by atoms with E-state index in [0.29, 0.717) is 30.0 Å². The van der Waals surface area contributed by atoms with Crippen LogP contribution in [0.3, 0.4) is 0 Å². The van der Waals surface area contributed by atoms with Crippen LogP contribution in [-0.4, -0.2) is 39.9 Å². The first kappa shape index (κ1) is 21.7. The first-order valence-corrected chi connectivity index (χ1v) is 10.7. The largest absolute Gasteiger partial charge is 0.491 e. The number of sulfonamides is 1. The lowest BCUT2D eigenvalue weighted by Crippen LogP contribution is -2.21. The third-order valence-corrected chi connectivity index (χ3v) is 5.30. The maximum Gasteiger partial charge on any atom is 0.250 e. The Labute approximate surface area is 166 Å². The first-order chi connectivity index (χ1) is 13.4. The van der Waals surface area contributed by atoms with Gasteiger partial charge < -0.3 is 14.8 Å². The standard InChI is InChI=1S/C20H26N2O5S/c1-3-14-28(24,25)22-19-11-7-10-18(16(19)2)21-20(23)15-26-12-13-27-17-8-5-4-6-9-17/h4-11,22H,3,12-15H2,1-2H3,(H,21,23). The van der Waals surface area contributed by atoms with Crippen LogP contribution < -0.4 is 14.8 Å². The van der Waals surface area contributed by atoms with E-state index in [1.165, 1.54) is 0 Å². The number of nitrogens with one attached hydrogen (secondary N) is 2. The van der Waals surface area contributed by atoms with Crippen molar-refractivity contribution < 1.29 is 22.7 Å². The minimum Gasteiger partial charge on any atom is -0.491 e. The van der Waals surface area contributed by atoms with Crippen molar-refractivity contribution in [3.8, 4) is 5.75 Å². The van der Waals surface area contributed by atoms with E-state index < -0.39 is 10.0 Å². The predicted octanol–water partition coefficient (Wildman–Crippen LogP) is 3.18. The molecule has 28 heavy (non-hydrogen) atoms. The van der Waals surface area contributed by atoms with Gasteiger partial charge in [-0.2, -0.15) is 0 Å². The second-order valence-corrected chi connectivity index (χ2v) is 8.00. The molecule has 0 heterocycles. The average molecular weight is 407 g/mol. The molecule has 2 N–H and O–H groups in total. The summed E-state index contributed by atoms with van der Waals surface area (Å²) < 4.78 is 37.3. The number of hydrogen-bond donors (Lipinski definition) is 2. The molecule has 0 aliphatic rings. The SMILES string of the molecule is CCCS(=O)(=O)Nc1cccc(NC(=O)COCCOc2ccccc2)c1C. The van der Waals surface area contributed by atoms with Crippen LogP contribution in [0.5, 0.6) is 5.75 Å². The van der Waals surface area contributed by atoms with Gasteiger partial charge in [-0.1, -0.05) is 31.2 Å². The molecular formula is C20H26N2O5S. The van der Waals surface area contributed by atoms with Crippen LogP contribution in [0.25, 0.3) is 0 Å². The number of hydrogen-bond acceptors (Lipinski definition) is 5. The van der Waals surface area contributed by atoms with Crippen LogP contribution >= 0.6 is 0 Å². The minimum atomic E-state index is -3.40. The summed E-state index contributed by atoms with van der Waals surface area (Å²) in [5.74, 6) is 0.465. The van der Waals surface area contributed by atoms with Gasteiger partial charge in [0, 0.05) is 5.69 Å². The van der Waals surface area contributed by atoms with Gasteiger partial charge in [-0.25, -0.2) is 8.42 Å². The molecule has 0 fully saturated rings. The van der Waals surface area contributed by atoms with E-state index in [9.17, 15) is 13.2 Å². The molecule has 1 amide bonds. The molecular weight excluding hydrogens is 380 g/mol. The predicted molar refractivity (Wildman–Crippen MR) is 110 cm³/mol. The van der Waals surface area contributed by atoms with Gasteiger partial charge >= 0.3 is 0 Å². The lowest BCUT2D eigenvalue weighted by molar-refractivity contribution is -0.120. The molecule has 0 saturated carbocycles. The van der Waals surface area contributed by atoms with E-state index in [0.717, 1.165) is 5.75 Å². The number of carbonyl (C=O) groups excluding carboxylic acids is 1. The fraction of sp³-hybridized carbons (Fsp3) is 0.350. The second kappa shape index (κ2) is 10.7. The molecule has 0 spiro atoms. The van der Waals surface area contributed by atoms with Gasteiger partial charge in [-0.3, -0.25) is 9.52 Å². The van der Waals surface area contributed by atoms with Crippen LogP contribution in [0.2, 0.25) is 0 Å². The van der Waals surface area contributed by atoms with E-state index in [4.69, 9.17) is 9.47 Å². The van der Waals surface area contributed by atoms with Crippen molar-refractivity contribution in [3.05, 3.63) is 54.1 Å². The maximum absolute atomic E-state index is 12.1. The van der Waals surface area contributed by atoms with E-state index in [-0.39, 0.29) is 24.9 Å². The molecule has 0 aliphatic heterocycles. The lowest BCUT2D eigenvalue weighted by atomic mass is 10.1. The molecule has 2 rings (SSSR count). The zero-order chi connectivity index (χ0) is 20.4. The zero-order valence-corrected chi connectivity index (χ0v) is 16.9. The topological polar surface area (TPSA) is 93.7 Å². The highest BCUT2D eigenvalue weighted by molar-refractivity contribution is 7.92. The fourth-order valence-electron chi connectivity index (χ4n) is 2.46. The molecule has 152 valence electrons. The Morgan fingerprint density at radius 2 is 1.71 bits per heavy atom. The van der Waals surface area contributed by atoms with Crippen molar-refractivity contribution in [2.45, 2.75) is 20.3 Å². The number of ether oxygens (including phenoxy) is 2. The molecule has 0 aliphatic carbocycles. The molecule has 0 unspecified atom stereocenters. The van der Waals surface area contributed by atoms with Gasteiger partial charge in [0.2, 0.25) is 15.9 Å². The summed E-state index contributed by atoms with van der Waals surface area (Å²) in [6, 6.07) is 14.4. The summed E-state index contributed by atoms with van der Waals surface area (Å²) in [7, 11) is -3.40. The van der Waals surface area contributed by atoms with Crippen molar-refractivity contribution >= 4 is 27.3 Å². The second-order valence-electron chi connectivity index (χ2n) is 6.16. The van der Waals surface area contributed by atoms with Crippen LogP contribution in [0.1, 0.15) is 18.9 Å². The molecule has 8 heteroatoms. The highest BCUT2D eigenvalue weighted by atomic mass is 32.2. The molecule has 0 bridgehead atoms. The van der Waals surface area contributed by atoms with Crippen molar-refractivity contribution in [3.63, 3.8) is 0 Å². The quantitative estimate of drug-likeness (QED) is 0.559. The summed E-state index contributed by atoms with van der Waals surface area (Å²) in [4.78, 5) is 12.1. The highest BCUT2D eigenvalue weighted by Crippen LogP contribution is 2.24. The van der Waals surface area contributed by atoms with Crippen molar-refractivity contribution in [2.24, 2.45) is 0 Å². The molecule has 7 nitrogen and oxygen atoms in total. The number of anilines is 2. The number of benzene rings is 2. The molecule has 2 aromatic carbocycles. The minimum absolute atomic E-state index is 0.0436. The van der Waals surface area contributed by atoms with Gasteiger partial charge in [-0.05, 0) is 43.2 Å². The van der Waals surface area contributed by atoms with Gasteiger partial charge in [0.05, 0.1) is 18.0 Å². The molecule has 0 aromatic heterocycles. The Balaban J connectivity index is 1.80. The van der Waals surface area contributed by atoms with Gasteiger partial charge in [0.1, 0.15) is 19.0 Å². The maximum atomic E-state index is 12.1. The number of para-hydroxylation sites is 1. The van der Waals surface area contributed by atoms with Crippen LogP contribution in [-0.2, 0) is 19.6 Å². The van der Waals surface area contributed by atoms with Gasteiger partial charge in [-0.15, -0.1) is 0 Å². The monoisotopic (exact) mass is 406 g/mol. The third-order valence-electron chi connectivity index (χ3n) is 3.82. The molecule has 0 radical (unpaired) electrons. The van der Waals surface area contributed by atoms with Crippen LogP contribution in [0.4, 0.5) is 11.4 Å². The Morgan fingerprint density at radius 3 is 2.43 bits per heavy atom. The number of carbonyl (C=O) groups is 1. The van der Waals surface area contributed by atoms with Crippen molar-refractivity contribution in [1.82, 2.24) is 0 Å². The normalized spacial score (nSPS) is 11.1. The lowest BCUT2D eigenvalue weighted by Gasteiger charge is -2.14. The summed E-state index contributed by atoms with van der Waals surface area (Å²) in [6.07, 6.45) is 0.524. The summed E-state index contributed by atoms with van der Waals surface area (Å²) >= 11 is 0. The Kier molecular flexibility index (Phi) is 8.28. The van der Waals surface area contributed by atoms with Crippen LogP contribution in [0.15, 0.2) is 48.5 Å². The Hall–Kier alpha value is -2.58. The Bertz CT molecular complexity index is 869. The first-order valence-electron chi connectivity index (χ1n) is 9.07. The van der Waals surface area contributed by atoms with Gasteiger partial charge in [0.25, 0.3) is 0 Å². The molecule has 0 saturated heterocycles. The molecule has 0 atom stereocenters. The van der Waals surface area contributed by atoms with E-state index >= 15 is 0 Å². The van der Waals surface area contributed by atoms with Crippen LogP contribution in [0, 0.1) is 6.92 Å². The third kappa shape index (κ3) is 7.21. The van der Waals surface area contributed by atoms with Gasteiger partial charge in [0.15, 0.2) is 0 Å². The van der Waals surface area contributed by atoms with Crippen molar-refractivity contribution in [1.29, 1.82) is 0 Å². The summed E-state index contributed by atoms with van der Waals surface area (Å²) in [5, 5.41) is 2.74. The van der Waals surface area contributed by atoms with E-state index in [2.05, 4.69) is 10.0 Å². The highest BCUT2D eigenvalue weighted by Gasteiger charge is 2.13. The van der Waals surface area contributed by atoms with E-state index in [1.54, 1.807) is 32.0 Å². The zero-order valence-electron chi connectivity index (χ0n) is 16.1. The number of rotatable bonds is 11.